The molecule has 0 spiro atoms. The van der Waals surface area contributed by atoms with Gasteiger partial charge in [0.25, 0.3) is 0 Å². The molecule has 1 aromatic heterocycles. The zero-order chi connectivity index (χ0) is 37.4. The van der Waals surface area contributed by atoms with Crippen LogP contribution in [0.5, 0.6) is 17.2 Å². The molecule has 2 atom stereocenters. The van der Waals surface area contributed by atoms with E-state index in [1.165, 1.54) is 11.8 Å². The lowest BCUT2D eigenvalue weighted by atomic mass is 9.96. The number of rotatable bonds is 15. The van der Waals surface area contributed by atoms with Crippen molar-refractivity contribution < 1.29 is 23.4 Å². The van der Waals surface area contributed by atoms with Crippen molar-refractivity contribution >= 4 is 29.0 Å². The molecule has 3 aliphatic rings. The molecule has 7 rings (SSSR count). The molecule has 2 fully saturated rings. The first-order valence-corrected chi connectivity index (χ1v) is 19.7. The molecule has 0 amide bonds. The van der Waals surface area contributed by atoms with Crippen LogP contribution in [0, 0.1) is 17.2 Å². The molecule has 2 heterocycles. The molecular formula is C43H45Cl2FN4O4. The quantitative estimate of drug-likeness (QED) is 0.120. The molecule has 2 aliphatic carbocycles. The van der Waals surface area contributed by atoms with Crippen LogP contribution in [-0.4, -0.2) is 54.6 Å². The number of fused-ring (bicyclic) bond motifs is 1. The van der Waals surface area contributed by atoms with E-state index in [0.29, 0.717) is 83.4 Å². The van der Waals surface area contributed by atoms with E-state index in [4.69, 9.17) is 37.4 Å². The Hall–Kier alpha value is -4.20. The zero-order valence-electron chi connectivity index (χ0n) is 30.3. The van der Waals surface area contributed by atoms with Gasteiger partial charge in [0.05, 0.1) is 22.2 Å². The molecule has 11 heteroatoms. The third-order valence-corrected chi connectivity index (χ3v) is 11.3. The highest BCUT2D eigenvalue weighted by molar-refractivity contribution is 6.35. The van der Waals surface area contributed by atoms with E-state index < -0.39 is 6.17 Å². The van der Waals surface area contributed by atoms with Crippen molar-refractivity contribution in [2.24, 2.45) is 5.92 Å². The minimum absolute atomic E-state index is 0.214. The maximum Gasteiger partial charge on any atom is 0.142 e. The molecule has 0 unspecified atom stereocenters. The predicted molar refractivity (Wildman–Crippen MR) is 208 cm³/mol. The van der Waals surface area contributed by atoms with E-state index >= 15 is 0 Å². The first kappa shape index (κ1) is 38.1. The van der Waals surface area contributed by atoms with Crippen LogP contribution in [0.2, 0.25) is 10.0 Å². The van der Waals surface area contributed by atoms with Gasteiger partial charge in [-0.05, 0) is 85.9 Å². The van der Waals surface area contributed by atoms with Gasteiger partial charge in [-0.15, -0.1) is 0 Å². The number of alkyl halides is 1. The van der Waals surface area contributed by atoms with Crippen LogP contribution in [0.25, 0.3) is 11.1 Å². The zero-order valence-corrected chi connectivity index (χ0v) is 31.8. The average molecular weight is 772 g/mol. The van der Waals surface area contributed by atoms with Crippen LogP contribution in [0.15, 0.2) is 67.0 Å². The van der Waals surface area contributed by atoms with Gasteiger partial charge in [0, 0.05) is 74.2 Å². The number of hydrogen-bond acceptors (Lipinski definition) is 8. The summed E-state index contributed by atoms with van der Waals surface area (Å²) in [5, 5.41) is 13.9. The topological polar surface area (TPSA) is 96.7 Å². The summed E-state index contributed by atoms with van der Waals surface area (Å²) < 4.78 is 32.7. The summed E-state index contributed by atoms with van der Waals surface area (Å²) in [4.78, 5) is 18.3. The number of aromatic nitrogens is 1. The Balaban J connectivity index is 1.05. The van der Waals surface area contributed by atoms with Crippen LogP contribution < -0.4 is 19.5 Å². The summed E-state index contributed by atoms with van der Waals surface area (Å²) in [6.45, 7) is 4.47. The molecule has 1 saturated heterocycles. The van der Waals surface area contributed by atoms with Gasteiger partial charge >= 0.3 is 0 Å². The van der Waals surface area contributed by atoms with Crippen molar-refractivity contribution in [3.8, 4) is 34.4 Å². The molecule has 4 aromatic rings. The van der Waals surface area contributed by atoms with Gasteiger partial charge in [-0.25, -0.2) is 4.39 Å². The molecule has 1 saturated carbocycles. The van der Waals surface area contributed by atoms with E-state index in [1.807, 2.05) is 36.4 Å². The van der Waals surface area contributed by atoms with E-state index in [2.05, 4.69) is 33.4 Å². The molecule has 8 nitrogen and oxygen atoms in total. The molecular weight excluding hydrogens is 726 g/mol. The summed E-state index contributed by atoms with van der Waals surface area (Å²) in [6, 6.07) is 19.8. The highest BCUT2D eigenvalue weighted by Crippen LogP contribution is 2.45. The Morgan fingerprint density at radius 3 is 2.59 bits per heavy atom. The Morgan fingerprint density at radius 2 is 1.78 bits per heavy atom. The van der Waals surface area contributed by atoms with Crippen molar-refractivity contribution in [3.63, 3.8) is 0 Å². The maximum atomic E-state index is 13.5. The molecule has 54 heavy (non-hydrogen) atoms. The normalized spacial score (nSPS) is 18.7. The minimum Gasteiger partial charge on any atom is -0.492 e. The minimum atomic E-state index is -0.670. The number of benzene rings is 3. The van der Waals surface area contributed by atoms with Gasteiger partial charge in [-0.3, -0.25) is 9.78 Å². The number of carbonyl (C=O) groups excluding carboxylic acids is 1. The second-order valence-electron chi connectivity index (χ2n) is 14.5. The first-order valence-electron chi connectivity index (χ1n) is 18.9. The lowest BCUT2D eigenvalue weighted by molar-refractivity contribution is -0.117. The fraction of sp³-hybridized carbons (Fsp3) is 0.419. The number of halogens is 3. The van der Waals surface area contributed by atoms with Gasteiger partial charge in [0.15, 0.2) is 0 Å². The maximum absolute atomic E-state index is 13.5. The third kappa shape index (κ3) is 9.35. The Kier molecular flexibility index (Phi) is 12.7. The molecule has 1 N–H and O–H groups in total. The second kappa shape index (κ2) is 18.0. The number of ketones is 1. The number of ether oxygens (including phenoxy) is 3. The molecule has 3 aromatic carbocycles. The summed E-state index contributed by atoms with van der Waals surface area (Å²) in [5.41, 5.74) is 6.34. The number of nitriles is 1. The molecule has 282 valence electrons. The molecule has 0 bridgehead atoms. The second-order valence-corrected chi connectivity index (χ2v) is 15.3. The van der Waals surface area contributed by atoms with Gasteiger partial charge < -0.3 is 24.4 Å². The smallest absolute Gasteiger partial charge is 0.142 e. The monoisotopic (exact) mass is 770 g/mol. The number of nitrogens with one attached hydrogen (secondary N) is 1. The fourth-order valence-electron chi connectivity index (χ4n) is 7.77. The van der Waals surface area contributed by atoms with Gasteiger partial charge in [0.2, 0.25) is 0 Å². The Labute approximate surface area is 326 Å². The molecule has 0 radical (unpaired) electrons. The largest absolute Gasteiger partial charge is 0.492 e. The van der Waals surface area contributed by atoms with Crippen molar-refractivity contribution in [3.05, 3.63) is 105 Å². The third-order valence-electron chi connectivity index (χ3n) is 10.7. The van der Waals surface area contributed by atoms with Crippen molar-refractivity contribution in [2.75, 3.05) is 32.8 Å². The summed E-state index contributed by atoms with van der Waals surface area (Å²) >= 11 is 13.9. The fourth-order valence-corrected chi connectivity index (χ4v) is 8.29. The average Bonchev–Trinajstić information content (AvgIpc) is 3.80. The summed E-state index contributed by atoms with van der Waals surface area (Å²) in [5.74, 6) is 2.45. The van der Waals surface area contributed by atoms with Crippen LogP contribution in [0.1, 0.15) is 78.9 Å². The lowest BCUT2D eigenvalue weighted by Crippen LogP contribution is -2.35. The Bertz CT molecular complexity index is 2000. The SMILES string of the molecule is N#Cc1cncc(COc2cc(O[C@H]3CCc4c(-c5cccc(OCCCN6CCC(F)CC6)c5Cl)cccc43)c(Cl)cc2CNC[C@@H]2CCC(=O)C2)c1. The highest BCUT2D eigenvalue weighted by atomic mass is 35.5. The van der Waals surface area contributed by atoms with Crippen LogP contribution in [-0.2, 0) is 24.4 Å². The first-order chi connectivity index (χ1) is 26.3. The summed E-state index contributed by atoms with van der Waals surface area (Å²) in [6.07, 6.45) is 8.12. The van der Waals surface area contributed by atoms with Crippen LogP contribution in [0.3, 0.4) is 0 Å². The van der Waals surface area contributed by atoms with Gasteiger partial charge in [-0.2, -0.15) is 5.26 Å². The number of pyridine rings is 1. The standard InChI is InChI=1S/C43H45Cl2FN4O4/c44-38-20-31(26-49-23-28-8-9-33(51)19-28)41(53-27-30-18-29(22-47)24-48-25-30)21-42(38)54-39-11-10-35-34(4-1-5-36(35)39)37-6-2-7-40(43(37)45)52-17-3-14-50-15-12-32(46)13-16-50/h1-2,4-7,18,20-21,24-25,28,32,39,49H,3,8-17,19,23,26-27H2/t28-,39+/m1/s1. The van der Waals surface area contributed by atoms with Gasteiger partial charge in [0.1, 0.15) is 48.0 Å². The number of piperidine rings is 1. The van der Waals surface area contributed by atoms with Crippen molar-refractivity contribution in [2.45, 2.75) is 76.8 Å². The highest BCUT2D eigenvalue weighted by Gasteiger charge is 2.29. The lowest BCUT2D eigenvalue weighted by Gasteiger charge is -2.28. The van der Waals surface area contributed by atoms with E-state index in [-0.39, 0.29) is 12.7 Å². The van der Waals surface area contributed by atoms with E-state index in [0.717, 1.165) is 79.7 Å². The van der Waals surface area contributed by atoms with Crippen molar-refractivity contribution in [1.29, 1.82) is 5.26 Å². The summed E-state index contributed by atoms with van der Waals surface area (Å²) in [7, 11) is 0. The van der Waals surface area contributed by atoms with Crippen LogP contribution in [0.4, 0.5) is 4.39 Å². The predicted octanol–water partition coefficient (Wildman–Crippen LogP) is 9.23. The number of hydrogen-bond donors (Lipinski definition) is 1. The van der Waals surface area contributed by atoms with Gasteiger partial charge in [-0.1, -0.05) is 53.5 Å². The molecule has 1 aliphatic heterocycles. The van der Waals surface area contributed by atoms with Crippen molar-refractivity contribution in [1.82, 2.24) is 15.2 Å². The number of Topliss-reactive ketones (excluding diaryl/α,β-unsaturated/α-hetero) is 1. The van der Waals surface area contributed by atoms with Crippen LogP contribution >= 0.6 is 23.2 Å². The number of nitrogens with zero attached hydrogens (tertiary/aromatic N) is 3. The number of carbonyl (C=O) groups is 1. The van der Waals surface area contributed by atoms with E-state index in [9.17, 15) is 14.4 Å². The number of likely N-dealkylation sites (tertiary alicyclic amines) is 1. The van der Waals surface area contributed by atoms with E-state index in [1.54, 1.807) is 12.3 Å². The Morgan fingerprint density at radius 1 is 0.944 bits per heavy atom.